The van der Waals surface area contributed by atoms with Gasteiger partial charge in [-0.25, -0.2) is 12.7 Å². The molecule has 8 heteroatoms. The minimum absolute atomic E-state index is 0.0245. The first-order chi connectivity index (χ1) is 13.4. The number of amides is 1. The third-order valence-corrected chi connectivity index (χ3v) is 6.64. The topological polar surface area (TPSA) is 75.7 Å². The molecule has 1 amide bonds. The molecule has 6 nitrogen and oxygen atoms in total. The maximum atomic E-state index is 12.3. The SMILES string of the molecule is O=C(CCCS(=O)(=O)N1CCCC1)Nc1cc(Cl)ccc1Oc1ccccc1. The highest BCUT2D eigenvalue weighted by atomic mass is 35.5. The Morgan fingerprint density at radius 3 is 2.54 bits per heavy atom. The highest BCUT2D eigenvalue weighted by Gasteiger charge is 2.25. The molecule has 0 bridgehead atoms. The molecular weight excluding hydrogens is 400 g/mol. The van der Waals surface area contributed by atoms with Gasteiger partial charge in [0, 0.05) is 24.5 Å². The lowest BCUT2D eigenvalue weighted by atomic mass is 10.2. The van der Waals surface area contributed by atoms with E-state index >= 15 is 0 Å². The summed E-state index contributed by atoms with van der Waals surface area (Å²) >= 11 is 6.05. The molecule has 1 aliphatic heterocycles. The van der Waals surface area contributed by atoms with E-state index in [0.717, 1.165) is 12.8 Å². The second-order valence-corrected chi connectivity index (χ2v) is 9.15. The van der Waals surface area contributed by atoms with Gasteiger partial charge in [0.1, 0.15) is 5.75 Å². The molecule has 0 radical (unpaired) electrons. The van der Waals surface area contributed by atoms with Crippen molar-refractivity contribution in [3.63, 3.8) is 0 Å². The van der Waals surface area contributed by atoms with Crippen LogP contribution in [0.3, 0.4) is 0 Å². The number of carbonyl (C=O) groups excluding carboxylic acids is 1. The zero-order chi connectivity index (χ0) is 20.0. The summed E-state index contributed by atoms with van der Waals surface area (Å²) in [6.45, 7) is 1.16. The Morgan fingerprint density at radius 1 is 1.11 bits per heavy atom. The van der Waals surface area contributed by atoms with Crippen molar-refractivity contribution in [2.75, 3.05) is 24.2 Å². The van der Waals surface area contributed by atoms with Crippen molar-refractivity contribution >= 4 is 33.2 Å². The molecule has 1 saturated heterocycles. The number of benzene rings is 2. The second-order valence-electron chi connectivity index (χ2n) is 6.63. The van der Waals surface area contributed by atoms with Crippen LogP contribution in [0.25, 0.3) is 0 Å². The summed E-state index contributed by atoms with van der Waals surface area (Å²) in [7, 11) is -3.28. The van der Waals surface area contributed by atoms with E-state index in [0.29, 0.717) is 35.3 Å². The van der Waals surface area contributed by atoms with Crippen LogP contribution in [-0.2, 0) is 14.8 Å². The van der Waals surface area contributed by atoms with Crippen molar-refractivity contribution in [3.8, 4) is 11.5 Å². The van der Waals surface area contributed by atoms with E-state index < -0.39 is 10.0 Å². The zero-order valence-electron chi connectivity index (χ0n) is 15.4. The van der Waals surface area contributed by atoms with Crippen molar-refractivity contribution in [2.24, 2.45) is 0 Å². The molecule has 0 aliphatic carbocycles. The predicted octanol–water partition coefficient (Wildman–Crippen LogP) is 4.28. The van der Waals surface area contributed by atoms with Crippen LogP contribution in [-0.4, -0.2) is 37.5 Å². The van der Waals surface area contributed by atoms with Crippen molar-refractivity contribution in [1.29, 1.82) is 0 Å². The lowest BCUT2D eigenvalue weighted by Gasteiger charge is -2.15. The lowest BCUT2D eigenvalue weighted by molar-refractivity contribution is -0.116. The van der Waals surface area contributed by atoms with E-state index in [1.165, 1.54) is 4.31 Å². The van der Waals surface area contributed by atoms with Crippen LogP contribution in [0, 0.1) is 0 Å². The van der Waals surface area contributed by atoms with Crippen LogP contribution in [0.4, 0.5) is 5.69 Å². The maximum Gasteiger partial charge on any atom is 0.224 e. The third-order valence-electron chi connectivity index (χ3n) is 4.45. The van der Waals surface area contributed by atoms with Gasteiger partial charge in [-0.3, -0.25) is 4.79 Å². The van der Waals surface area contributed by atoms with Crippen molar-refractivity contribution in [2.45, 2.75) is 25.7 Å². The van der Waals surface area contributed by atoms with Crippen LogP contribution in [0.2, 0.25) is 5.02 Å². The number of nitrogens with one attached hydrogen (secondary N) is 1. The van der Waals surface area contributed by atoms with Gasteiger partial charge in [-0.2, -0.15) is 0 Å². The number of carbonyl (C=O) groups is 1. The fourth-order valence-corrected chi connectivity index (χ4v) is 4.78. The van der Waals surface area contributed by atoms with E-state index in [4.69, 9.17) is 16.3 Å². The third kappa shape index (κ3) is 5.70. The van der Waals surface area contributed by atoms with Crippen molar-refractivity contribution in [3.05, 3.63) is 53.6 Å². The number of rotatable bonds is 8. The Kier molecular flexibility index (Phi) is 6.93. The van der Waals surface area contributed by atoms with Gasteiger partial charge in [-0.1, -0.05) is 29.8 Å². The van der Waals surface area contributed by atoms with Gasteiger partial charge in [0.15, 0.2) is 5.75 Å². The van der Waals surface area contributed by atoms with Gasteiger partial charge in [0.2, 0.25) is 15.9 Å². The zero-order valence-corrected chi connectivity index (χ0v) is 17.0. The molecule has 3 rings (SSSR count). The van der Waals surface area contributed by atoms with E-state index in [-0.39, 0.29) is 24.5 Å². The summed E-state index contributed by atoms with van der Waals surface area (Å²) in [5, 5.41) is 3.24. The molecule has 1 fully saturated rings. The summed E-state index contributed by atoms with van der Waals surface area (Å²) in [4.78, 5) is 12.3. The highest BCUT2D eigenvalue weighted by molar-refractivity contribution is 7.89. The Labute approximate surface area is 170 Å². The average molecular weight is 423 g/mol. The number of hydrogen-bond donors (Lipinski definition) is 1. The molecule has 150 valence electrons. The molecule has 0 aromatic heterocycles. The largest absolute Gasteiger partial charge is 0.455 e. The summed E-state index contributed by atoms with van der Waals surface area (Å²) in [6, 6.07) is 14.2. The summed E-state index contributed by atoms with van der Waals surface area (Å²) in [5.74, 6) is 0.797. The van der Waals surface area contributed by atoms with Crippen LogP contribution in [0.5, 0.6) is 11.5 Å². The lowest BCUT2D eigenvalue weighted by Crippen LogP contribution is -2.30. The molecule has 1 aliphatic rings. The van der Waals surface area contributed by atoms with E-state index in [2.05, 4.69) is 5.32 Å². The molecule has 2 aromatic rings. The summed E-state index contributed by atoms with van der Waals surface area (Å²) in [5.41, 5.74) is 0.448. The average Bonchev–Trinajstić information content (AvgIpc) is 3.20. The van der Waals surface area contributed by atoms with Gasteiger partial charge in [0.05, 0.1) is 11.4 Å². The summed E-state index contributed by atoms with van der Waals surface area (Å²) < 4.78 is 31.8. The number of nitrogens with zero attached hydrogens (tertiary/aromatic N) is 1. The van der Waals surface area contributed by atoms with Gasteiger partial charge in [-0.15, -0.1) is 0 Å². The molecule has 1 N–H and O–H groups in total. The Morgan fingerprint density at radius 2 is 1.82 bits per heavy atom. The van der Waals surface area contributed by atoms with Gasteiger partial charge >= 0.3 is 0 Å². The number of halogens is 1. The minimum Gasteiger partial charge on any atom is -0.455 e. The Balaban J connectivity index is 1.58. The molecule has 0 unspecified atom stereocenters. The maximum absolute atomic E-state index is 12.3. The molecule has 28 heavy (non-hydrogen) atoms. The van der Waals surface area contributed by atoms with Crippen LogP contribution < -0.4 is 10.1 Å². The van der Waals surface area contributed by atoms with E-state index in [1.807, 2.05) is 30.3 Å². The quantitative estimate of drug-likeness (QED) is 0.689. The van der Waals surface area contributed by atoms with Crippen molar-refractivity contribution < 1.29 is 17.9 Å². The Hall–Kier alpha value is -2.09. The molecular formula is C20H23ClN2O4S. The number of sulfonamides is 1. The minimum atomic E-state index is -3.28. The van der Waals surface area contributed by atoms with Crippen molar-refractivity contribution in [1.82, 2.24) is 4.31 Å². The standard InChI is InChI=1S/C20H23ClN2O4S/c21-16-10-11-19(27-17-7-2-1-3-8-17)18(15-16)22-20(24)9-6-14-28(25,26)23-12-4-5-13-23/h1-3,7-8,10-11,15H,4-6,9,12-14H2,(H,22,24). The first-order valence-electron chi connectivity index (χ1n) is 9.24. The monoisotopic (exact) mass is 422 g/mol. The smallest absolute Gasteiger partial charge is 0.224 e. The van der Waals surface area contributed by atoms with Crippen LogP contribution in [0.15, 0.2) is 48.5 Å². The summed E-state index contributed by atoms with van der Waals surface area (Å²) in [6.07, 6.45) is 2.17. The second kappa shape index (κ2) is 9.41. The number of ether oxygens (including phenoxy) is 1. The molecule has 2 aromatic carbocycles. The molecule has 1 heterocycles. The van der Waals surface area contributed by atoms with E-state index in [9.17, 15) is 13.2 Å². The first-order valence-corrected chi connectivity index (χ1v) is 11.2. The molecule has 0 atom stereocenters. The normalized spacial score (nSPS) is 14.8. The highest BCUT2D eigenvalue weighted by Crippen LogP contribution is 2.32. The molecule has 0 saturated carbocycles. The number of anilines is 1. The van der Waals surface area contributed by atoms with Crippen LogP contribution in [0.1, 0.15) is 25.7 Å². The Bertz CT molecular complexity index is 913. The predicted molar refractivity (Wildman–Crippen MR) is 110 cm³/mol. The number of hydrogen-bond acceptors (Lipinski definition) is 4. The van der Waals surface area contributed by atoms with Crippen LogP contribution >= 0.6 is 11.6 Å². The first kappa shape index (κ1) is 20.6. The fourth-order valence-electron chi connectivity index (χ4n) is 3.03. The van der Waals surface area contributed by atoms with E-state index in [1.54, 1.807) is 18.2 Å². The molecule has 0 spiro atoms. The van der Waals surface area contributed by atoms with Gasteiger partial charge < -0.3 is 10.1 Å². The van der Waals surface area contributed by atoms with Gasteiger partial charge in [-0.05, 0) is 49.6 Å². The fraction of sp³-hybridized carbons (Fsp3) is 0.350. The van der Waals surface area contributed by atoms with Gasteiger partial charge in [0.25, 0.3) is 0 Å². The number of para-hydroxylation sites is 1.